The average Bonchev–Trinajstić information content (AvgIpc) is 2.31. The van der Waals surface area contributed by atoms with Crippen molar-refractivity contribution in [2.45, 2.75) is 13.3 Å². The normalized spacial score (nSPS) is 10.1. The minimum Gasteiger partial charge on any atom is -0.481 e. The van der Waals surface area contributed by atoms with Crippen LogP contribution in [0.3, 0.4) is 0 Å². The Morgan fingerprint density at radius 2 is 2.00 bits per heavy atom. The molecule has 1 aromatic rings. The van der Waals surface area contributed by atoms with Crippen LogP contribution >= 0.6 is 11.8 Å². The highest BCUT2D eigenvalue weighted by molar-refractivity contribution is 8.00. The summed E-state index contributed by atoms with van der Waals surface area (Å²) in [5, 5.41) is 11.2. The molecule has 0 bridgehead atoms. The summed E-state index contributed by atoms with van der Waals surface area (Å²) in [6.45, 7) is 2.62. The van der Waals surface area contributed by atoms with Gasteiger partial charge in [-0.25, -0.2) is 0 Å². The van der Waals surface area contributed by atoms with E-state index < -0.39 is 5.97 Å². The van der Waals surface area contributed by atoms with Crippen LogP contribution in [0.1, 0.15) is 11.1 Å². The zero-order valence-corrected chi connectivity index (χ0v) is 11.1. The maximum Gasteiger partial charge on any atom is 0.313 e. The molecular formula is C13H17NO3S. The first-order chi connectivity index (χ1) is 8.59. The van der Waals surface area contributed by atoms with Crippen LogP contribution in [0.4, 0.5) is 0 Å². The smallest absolute Gasteiger partial charge is 0.313 e. The number of benzene rings is 1. The van der Waals surface area contributed by atoms with Gasteiger partial charge < -0.3 is 10.4 Å². The summed E-state index contributed by atoms with van der Waals surface area (Å²) in [6, 6.07) is 8.05. The number of carbonyl (C=O) groups is 2. The molecule has 5 heteroatoms. The molecule has 0 aliphatic rings. The van der Waals surface area contributed by atoms with Gasteiger partial charge in [0.1, 0.15) is 0 Å². The van der Waals surface area contributed by atoms with E-state index in [2.05, 4.69) is 5.32 Å². The molecule has 2 N–H and O–H groups in total. The number of amides is 1. The van der Waals surface area contributed by atoms with Gasteiger partial charge in [-0.15, -0.1) is 11.8 Å². The highest BCUT2D eigenvalue weighted by Gasteiger charge is 2.04. The van der Waals surface area contributed by atoms with Gasteiger partial charge in [0.15, 0.2) is 0 Å². The van der Waals surface area contributed by atoms with E-state index in [0.717, 1.165) is 18.2 Å². The van der Waals surface area contributed by atoms with Gasteiger partial charge in [-0.1, -0.05) is 24.3 Å². The summed E-state index contributed by atoms with van der Waals surface area (Å²) in [4.78, 5) is 21.6. The van der Waals surface area contributed by atoms with Crippen LogP contribution in [0, 0.1) is 6.92 Å². The fourth-order valence-corrected chi connectivity index (χ4v) is 2.07. The van der Waals surface area contributed by atoms with Crippen molar-refractivity contribution >= 4 is 23.6 Å². The molecule has 0 spiro atoms. The third-order valence-corrected chi connectivity index (χ3v) is 3.35. The van der Waals surface area contributed by atoms with Crippen LogP contribution < -0.4 is 5.32 Å². The van der Waals surface area contributed by atoms with Gasteiger partial charge in [-0.2, -0.15) is 0 Å². The van der Waals surface area contributed by atoms with Gasteiger partial charge in [0.05, 0.1) is 11.5 Å². The first-order valence-corrected chi connectivity index (χ1v) is 6.86. The average molecular weight is 267 g/mol. The fourth-order valence-electron chi connectivity index (χ4n) is 1.51. The number of carboxylic acid groups (broad SMARTS) is 1. The molecule has 0 aromatic heterocycles. The molecule has 0 aliphatic carbocycles. The Bertz CT molecular complexity index is 420. The van der Waals surface area contributed by atoms with Gasteiger partial charge in [0, 0.05) is 6.54 Å². The highest BCUT2D eigenvalue weighted by Crippen LogP contribution is 2.06. The van der Waals surface area contributed by atoms with Crippen molar-refractivity contribution in [2.75, 3.05) is 18.1 Å². The zero-order chi connectivity index (χ0) is 13.4. The summed E-state index contributed by atoms with van der Waals surface area (Å²) >= 11 is 1.11. The summed E-state index contributed by atoms with van der Waals surface area (Å²) < 4.78 is 0. The topological polar surface area (TPSA) is 66.4 Å². The number of rotatable bonds is 7. The molecular weight excluding hydrogens is 250 g/mol. The summed E-state index contributed by atoms with van der Waals surface area (Å²) in [6.07, 6.45) is 0.794. The predicted octanol–water partition coefficient (Wildman–Crippen LogP) is 1.47. The fraction of sp³-hybridized carbons (Fsp3) is 0.385. The maximum atomic E-state index is 11.4. The Labute approximate surface area is 111 Å². The molecule has 0 atom stereocenters. The lowest BCUT2D eigenvalue weighted by molar-refractivity contribution is -0.133. The molecule has 4 nitrogen and oxygen atoms in total. The highest BCUT2D eigenvalue weighted by atomic mass is 32.2. The molecule has 0 saturated heterocycles. The van der Waals surface area contributed by atoms with E-state index in [1.807, 2.05) is 31.2 Å². The monoisotopic (exact) mass is 267 g/mol. The second kappa shape index (κ2) is 7.76. The minimum absolute atomic E-state index is 0.0365. The molecule has 1 aromatic carbocycles. The van der Waals surface area contributed by atoms with Crippen molar-refractivity contribution in [3.63, 3.8) is 0 Å². The summed E-state index contributed by atoms with van der Waals surface area (Å²) in [5.41, 5.74) is 2.43. The summed E-state index contributed by atoms with van der Waals surface area (Å²) in [7, 11) is 0. The van der Waals surface area contributed by atoms with Crippen LogP contribution in [0.15, 0.2) is 24.3 Å². The van der Waals surface area contributed by atoms with Crippen molar-refractivity contribution in [3.8, 4) is 0 Å². The van der Waals surface area contributed by atoms with E-state index in [4.69, 9.17) is 5.11 Å². The number of hydrogen-bond acceptors (Lipinski definition) is 3. The van der Waals surface area contributed by atoms with Crippen LogP contribution in [-0.2, 0) is 16.0 Å². The van der Waals surface area contributed by atoms with E-state index in [1.54, 1.807) is 0 Å². The van der Waals surface area contributed by atoms with Crippen molar-refractivity contribution in [2.24, 2.45) is 0 Å². The van der Waals surface area contributed by atoms with Crippen LogP contribution in [0.5, 0.6) is 0 Å². The predicted molar refractivity (Wildman–Crippen MR) is 72.9 cm³/mol. The van der Waals surface area contributed by atoms with Gasteiger partial charge in [0.25, 0.3) is 0 Å². The first-order valence-electron chi connectivity index (χ1n) is 5.70. The van der Waals surface area contributed by atoms with Crippen LogP contribution in [0.2, 0.25) is 0 Å². The van der Waals surface area contributed by atoms with Gasteiger partial charge in [0.2, 0.25) is 5.91 Å². The van der Waals surface area contributed by atoms with Crippen LogP contribution in [0.25, 0.3) is 0 Å². The second-order valence-electron chi connectivity index (χ2n) is 3.91. The number of carbonyl (C=O) groups excluding carboxylic acids is 1. The Morgan fingerprint density at radius 1 is 1.28 bits per heavy atom. The third kappa shape index (κ3) is 5.72. The van der Waals surface area contributed by atoms with Crippen molar-refractivity contribution < 1.29 is 14.7 Å². The van der Waals surface area contributed by atoms with Crippen molar-refractivity contribution in [3.05, 3.63) is 35.4 Å². The molecule has 98 valence electrons. The number of aryl methyl sites for hydroxylation is 1. The van der Waals surface area contributed by atoms with Crippen molar-refractivity contribution in [1.82, 2.24) is 5.32 Å². The first kappa shape index (κ1) is 14.6. The quantitative estimate of drug-likeness (QED) is 0.785. The molecule has 0 unspecified atom stereocenters. The Morgan fingerprint density at radius 3 is 2.67 bits per heavy atom. The zero-order valence-electron chi connectivity index (χ0n) is 10.3. The minimum atomic E-state index is -0.896. The van der Waals surface area contributed by atoms with E-state index in [0.29, 0.717) is 6.54 Å². The van der Waals surface area contributed by atoms with Gasteiger partial charge >= 0.3 is 5.97 Å². The molecule has 18 heavy (non-hydrogen) atoms. The van der Waals surface area contributed by atoms with E-state index in [9.17, 15) is 9.59 Å². The maximum absolute atomic E-state index is 11.4. The number of thioether (sulfide) groups is 1. The number of aliphatic carboxylic acids is 1. The number of carboxylic acids is 1. The van der Waals surface area contributed by atoms with E-state index >= 15 is 0 Å². The van der Waals surface area contributed by atoms with Gasteiger partial charge in [-0.3, -0.25) is 9.59 Å². The number of nitrogens with one attached hydrogen (secondary N) is 1. The van der Waals surface area contributed by atoms with Crippen LogP contribution in [-0.4, -0.2) is 35.0 Å². The molecule has 0 saturated carbocycles. The summed E-state index contributed by atoms with van der Waals surface area (Å²) in [5.74, 6) is -0.854. The number of hydrogen-bond donors (Lipinski definition) is 2. The van der Waals surface area contributed by atoms with Crippen molar-refractivity contribution in [1.29, 1.82) is 0 Å². The SMILES string of the molecule is Cc1ccccc1CCNC(=O)CSCC(=O)O. The van der Waals surface area contributed by atoms with E-state index in [1.165, 1.54) is 11.1 Å². The standard InChI is InChI=1S/C13H17NO3S/c1-10-4-2-3-5-11(10)6-7-14-12(15)8-18-9-13(16)17/h2-5H,6-9H2,1H3,(H,14,15)(H,16,17). The van der Waals surface area contributed by atoms with Gasteiger partial charge in [-0.05, 0) is 24.5 Å². The molecule has 0 radical (unpaired) electrons. The lowest BCUT2D eigenvalue weighted by atomic mass is 10.1. The van der Waals surface area contributed by atoms with E-state index in [-0.39, 0.29) is 17.4 Å². The lowest BCUT2D eigenvalue weighted by Gasteiger charge is -2.07. The Balaban J connectivity index is 2.20. The molecule has 0 aliphatic heterocycles. The molecule has 1 amide bonds. The molecule has 0 fully saturated rings. The Kier molecular flexibility index (Phi) is 6.28. The molecule has 1 rings (SSSR count). The second-order valence-corrected chi connectivity index (χ2v) is 4.90. The molecule has 0 heterocycles. The Hall–Kier alpha value is -1.49. The third-order valence-electron chi connectivity index (χ3n) is 2.44. The largest absolute Gasteiger partial charge is 0.481 e. The lowest BCUT2D eigenvalue weighted by Crippen LogP contribution is -2.27.